The van der Waals surface area contributed by atoms with Crippen molar-refractivity contribution in [1.29, 1.82) is 0 Å². The highest BCUT2D eigenvalue weighted by molar-refractivity contribution is 7.89. The number of nitrogens with one attached hydrogen (secondary N) is 1. The predicted molar refractivity (Wildman–Crippen MR) is 74.1 cm³/mol. The van der Waals surface area contributed by atoms with Crippen LogP contribution in [0.4, 0.5) is 11.4 Å². The fourth-order valence-corrected chi connectivity index (χ4v) is 3.13. The Labute approximate surface area is 112 Å². The number of anilines is 2. The summed E-state index contributed by atoms with van der Waals surface area (Å²) in [5.74, 6) is 0.178. The van der Waals surface area contributed by atoms with Gasteiger partial charge < -0.3 is 16.2 Å². The standard InChI is InChI=1S/C12H19N3O3S/c13-12-9(4-2-6-11(12)19(14,17)18)15-7-8-3-1-5-10(8)16/h2,4,6,8,10,15-16H,1,3,5,7,13H2,(H2,14,17,18). The Hall–Kier alpha value is -1.31. The van der Waals surface area contributed by atoms with E-state index in [0.29, 0.717) is 12.2 Å². The Morgan fingerprint density at radius 3 is 2.68 bits per heavy atom. The van der Waals surface area contributed by atoms with Crippen LogP contribution >= 0.6 is 0 Å². The molecule has 0 spiro atoms. The Bertz CT molecular complexity index is 559. The van der Waals surface area contributed by atoms with Gasteiger partial charge in [-0.25, -0.2) is 13.6 Å². The summed E-state index contributed by atoms with van der Waals surface area (Å²) in [7, 11) is -3.82. The molecule has 1 fully saturated rings. The van der Waals surface area contributed by atoms with Crippen LogP contribution in [-0.4, -0.2) is 26.2 Å². The van der Waals surface area contributed by atoms with E-state index in [2.05, 4.69) is 5.32 Å². The topological polar surface area (TPSA) is 118 Å². The van der Waals surface area contributed by atoms with Crippen molar-refractivity contribution in [2.45, 2.75) is 30.3 Å². The number of rotatable bonds is 4. The van der Waals surface area contributed by atoms with E-state index < -0.39 is 10.0 Å². The molecule has 7 heteroatoms. The van der Waals surface area contributed by atoms with Gasteiger partial charge in [0.05, 0.1) is 17.5 Å². The minimum absolute atomic E-state index is 0.0792. The van der Waals surface area contributed by atoms with E-state index in [9.17, 15) is 13.5 Å². The largest absolute Gasteiger partial charge is 0.396 e. The molecule has 0 aromatic heterocycles. The van der Waals surface area contributed by atoms with Crippen molar-refractivity contribution in [3.8, 4) is 0 Å². The van der Waals surface area contributed by atoms with Crippen LogP contribution in [0.25, 0.3) is 0 Å². The van der Waals surface area contributed by atoms with Crippen LogP contribution in [0.15, 0.2) is 23.1 Å². The van der Waals surface area contributed by atoms with Crippen molar-refractivity contribution in [1.82, 2.24) is 0 Å². The maximum absolute atomic E-state index is 11.3. The molecule has 2 atom stereocenters. The van der Waals surface area contributed by atoms with E-state index in [1.54, 1.807) is 12.1 Å². The summed E-state index contributed by atoms with van der Waals surface area (Å²) < 4.78 is 22.7. The maximum atomic E-state index is 11.3. The highest BCUT2D eigenvalue weighted by Crippen LogP contribution is 2.29. The van der Waals surface area contributed by atoms with Crippen molar-refractivity contribution in [3.63, 3.8) is 0 Å². The van der Waals surface area contributed by atoms with E-state index in [1.165, 1.54) is 6.07 Å². The summed E-state index contributed by atoms with van der Waals surface area (Å²) in [5.41, 5.74) is 6.46. The molecule has 1 aromatic rings. The highest BCUT2D eigenvalue weighted by Gasteiger charge is 2.25. The minimum atomic E-state index is -3.82. The summed E-state index contributed by atoms with van der Waals surface area (Å²) >= 11 is 0. The molecule has 0 bridgehead atoms. The number of aliphatic hydroxyl groups excluding tert-OH is 1. The second kappa shape index (κ2) is 5.36. The van der Waals surface area contributed by atoms with Crippen molar-refractivity contribution in [2.75, 3.05) is 17.6 Å². The minimum Gasteiger partial charge on any atom is -0.396 e. The molecular formula is C12H19N3O3S. The first-order valence-corrected chi connectivity index (χ1v) is 7.77. The summed E-state index contributed by atoms with van der Waals surface area (Å²) in [6.07, 6.45) is 2.50. The molecule has 1 aromatic carbocycles. The van der Waals surface area contributed by atoms with E-state index in [1.807, 2.05) is 0 Å². The molecular weight excluding hydrogens is 266 g/mol. The first-order chi connectivity index (χ1) is 8.89. The van der Waals surface area contributed by atoms with Crippen molar-refractivity contribution >= 4 is 21.4 Å². The Kier molecular flexibility index (Phi) is 3.98. The van der Waals surface area contributed by atoms with E-state index in [4.69, 9.17) is 10.9 Å². The third-order valence-electron chi connectivity index (χ3n) is 3.55. The lowest BCUT2D eigenvalue weighted by atomic mass is 10.1. The molecule has 1 aliphatic rings. The number of nitrogen functional groups attached to an aromatic ring is 1. The van der Waals surface area contributed by atoms with Crippen molar-refractivity contribution in [3.05, 3.63) is 18.2 Å². The van der Waals surface area contributed by atoms with Gasteiger partial charge in [-0.15, -0.1) is 0 Å². The molecule has 0 saturated heterocycles. The van der Waals surface area contributed by atoms with Gasteiger partial charge in [0.1, 0.15) is 4.90 Å². The second-order valence-corrected chi connectivity index (χ2v) is 6.43. The normalized spacial score (nSPS) is 23.5. The van der Waals surface area contributed by atoms with Gasteiger partial charge in [0.15, 0.2) is 0 Å². The van der Waals surface area contributed by atoms with Gasteiger partial charge in [0.25, 0.3) is 0 Å². The molecule has 6 nitrogen and oxygen atoms in total. The molecule has 6 N–H and O–H groups in total. The number of sulfonamides is 1. The Morgan fingerprint density at radius 2 is 2.11 bits per heavy atom. The molecule has 0 aliphatic heterocycles. The lowest BCUT2D eigenvalue weighted by molar-refractivity contribution is 0.138. The second-order valence-electron chi connectivity index (χ2n) is 4.90. The third-order valence-corrected chi connectivity index (χ3v) is 4.52. The summed E-state index contributed by atoms with van der Waals surface area (Å²) in [6, 6.07) is 4.66. The molecule has 0 amide bonds. The summed E-state index contributed by atoms with van der Waals surface area (Å²) in [6.45, 7) is 0.569. The van der Waals surface area contributed by atoms with Crippen LogP contribution in [-0.2, 0) is 10.0 Å². The number of aliphatic hydroxyl groups is 1. The first kappa shape index (κ1) is 14.1. The van der Waals surface area contributed by atoms with E-state index in [0.717, 1.165) is 19.3 Å². The van der Waals surface area contributed by atoms with Crippen LogP contribution in [0.3, 0.4) is 0 Å². The van der Waals surface area contributed by atoms with Gasteiger partial charge in [-0.2, -0.15) is 0 Å². The van der Waals surface area contributed by atoms with Gasteiger partial charge in [0.2, 0.25) is 10.0 Å². The number of hydrogen-bond donors (Lipinski definition) is 4. The van der Waals surface area contributed by atoms with E-state index >= 15 is 0 Å². The van der Waals surface area contributed by atoms with Crippen LogP contribution in [0.2, 0.25) is 0 Å². The average molecular weight is 285 g/mol. The highest BCUT2D eigenvalue weighted by atomic mass is 32.2. The smallest absolute Gasteiger partial charge is 0.240 e. The zero-order valence-corrected chi connectivity index (χ0v) is 11.4. The number of primary sulfonamides is 1. The van der Waals surface area contributed by atoms with Gasteiger partial charge in [-0.3, -0.25) is 0 Å². The van der Waals surface area contributed by atoms with Crippen molar-refractivity contribution in [2.24, 2.45) is 11.1 Å². The van der Waals surface area contributed by atoms with Gasteiger partial charge in [-0.1, -0.05) is 12.5 Å². The molecule has 1 saturated carbocycles. The summed E-state index contributed by atoms with van der Waals surface area (Å²) in [5, 5.41) is 17.9. The fourth-order valence-electron chi connectivity index (χ4n) is 2.44. The lowest BCUT2D eigenvalue weighted by Gasteiger charge is -2.17. The van der Waals surface area contributed by atoms with Crippen LogP contribution < -0.4 is 16.2 Å². The summed E-state index contributed by atoms with van der Waals surface area (Å²) in [4.78, 5) is -0.0792. The molecule has 0 heterocycles. The Balaban J connectivity index is 2.13. The van der Waals surface area contributed by atoms with Crippen LogP contribution in [0, 0.1) is 5.92 Å². The number of para-hydroxylation sites is 1. The molecule has 2 unspecified atom stereocenters. The Morgan fingerprint density at radius 1 is 1.37 bits per heavy atom. The fraction of sp³-hybridized carbons (Fsp3) is 0.500. The molecule has 0 radical (unpaired) electrons. The monoisotopic (exact) mass is 285 g/mol. The van der Waals surface area contributed by atoms with Crippen LogP contribution in [0.1, 0.15) is 19.3 Å². The quantitative estimate of drug-likeness (QED) is 0.600. The van der Waals surface area contributed by atoms with Gasteiger partial charge in [-0.05, 0) is 25.0 Å². The third kappa shape index (κ3) is 3.17. The molecule has 106 valence electrons. The number of nitrogens with two attached hydrogens (primary N) is 2. The molecule has 1 aliphatic carbocycles. The van der Waals surface area contributed by atoms with Gasteiger partial charge in [0, 0.05) is 12.5 Å². The van der Waals surface area contributed by atoms with E-state index in [-0.39, 0.29) is 22.6 Å². The molecule has 19 heavy (non-hydrogen) atoms. The first-order valence-electron chi connectivity index (χ1n) is 6.23. The maximum Gasteiger partial charge on any atom is 0.240 e. The SMILES string of the molecule is Nc1c(NCC2CCCC2O)cccc1S(N)(=O)=O. The lowest BCUT2D eigenvalue weighted by Crippen LogP contribution is -2.23. The van der Waals surface area contributed by atoms with Crippen LogP contribution in [0.5, 0.6) is 0 Å². The molecule has 2 rings (SSSR count). The average Bonchev–Trinajstić information content (AvgIpc) is 2.72. The zero-order valence-electron chi connectivity index (χ0n) is 10.5. The number of benzene rings is 1. The predicted octanol–water partition coefficient (Wildman–Crippen LogP) is 0.489. The van der Waals surface area contributed by atoms with Gasteiger partial charge >= 0.3 is 0 Å². The zero-order chi connectivity index (χ0) is 14.0. The number of hydrogen-bond acceptors (Lipinski definition) is 5. The van der Waals surface area contributed by atoms with Crippen molar-refractivity contribution < 1.29 is 13.5 Å².